The Morgan fingerprint density at radius 3 is 2.67 bits per heavy atom. The van der Waals surface area contributed by atoms with Gasteiger partial charge < -0.3 is 30.7 Å². The number of hydrogen-bond acceptors (Lipinski definition) is 11. The number of carbonyl (C=O) groups is 4. The molecule has 2 fully saturated rings. The van der Waals surface area contributed by atoms with Gasteiger partial charge in [-0.2, -0.15) is 5.10 Å². The highest BCUT2D eigenvalue weighted by Crippen LogP contribution is 2.34. The second-order valence-corrected chi connectivity index (χ2v) is 14.5. The minimum absolute atomic E-state index is 0. The number of carbonyl (C=O) groups excluding carboxylic acids is 4. The van der Waals surface area contributed by atoms with Crippen LogP contribution in [0.4, 0.5) is 11.5 Å². The molecule has 0 aliphatic carbocycles. The van der Waals surface area contributed by atoms with Crippen molar-refractivity contribution in [3.05, 3.63) is 90.1 Å². The fraction of sp³-hybridized carbons (Fsp3) is 0.359. The van der Waals surface area contributed by atoms with Gasteiger partial charge in [-0.3, -0.25) is 33.2 Å². The monoisotopic (exact) mass is 752 g/mol. The lowest BCUT2D eigenvalue weighted by molar-refractivity contribution is -0.138. The van der Waals surface area contributed by atoms with Crippen molar-refractivity contribution in [2.24, 2.45) is 0 Å². The fourth-order valence-electron chi connectivity index (χ4n) is 7.69. The second kappa shape index (κ2) is 14.6. The van der Waals surface area contributed by atoms with Gasteiger partial charge in [-0.05, 0) is 57.4 Å². The van der Waals surface area contributed by atoms with E-state index in [0.29, 0.717) is 18.9 Å². The predicted octanol–water partition coefficient (Wildman–Crippen LogP) is 3.80. The Balaban J connectivity index is 0.00000214. The first-order valence-electron chi connectivity index (χ1n) is 18.4. The van der Waals surface area contributed by atoms with Gasteiger partial charge in [0.25, 0.3) is 17.7 Å². The minimum Gasteiger partial charge on any atom is -0.484 e. The molecule has 290 valence electrons. The molecule has 5 aromatic rings. The molecule has 8 rings (SSSR count). The van der Waals surface area contributed by atoms with E-state index < -0.39 is 23.6 Å². The molecule has 3 aliphatic rings. The molecule has 2 unspecified atom stereocenters. The number of aromatic nitrogens is 5. The number of nitrogens with one attached hydrogen (secondary N) is 3. The molecule has 0 spiro atoms. The quantitative estimate of drug-likeness (QED) is 0.144. The van der Waals surface area contributed by atoms with Gasteiger partial charge in [-0.25, -0.2) is 9.97 Å². The normalized spacial score (nSPS) is 20.5. The van der Waals surface area contributed by atoms with Crippen LogP contribution in [0.15, 0.2) is 73.4 Å². The highest BCUT2D eigenvalue weighted by Gasteiger charge is 2.49. The molecule has 4 amide bonds. The van der Waals surface area contributed by atoms with Crippen LogP contribution in [-0.4, -0.2) is 107 Å². The van der Waals surface area contributed by atoms with E-state index >= 15 is 0 Å². The van der Waals surface area contributed by atoms with Crippen LogP contribution in [0.1, 0.15) is 69.2 Å². The third kappa shape index (κ3) is 7.25. The standard InChI is InChI=1S/C39H42N10O6.3H2/c1-24-4-3-5-25(18-24)31-21-42-35(36-41-13-17-47(31)36)44-26-20-43-48(22-26)27-10-14-46(15-11-27)16-12-40-34(51)23-55-28-6-7-29-30(19-28)38(53)49(37(29)52)32-8-9-33(50)45-39(32,2)54;;;/h3-7,13,17-22,27,32,54H,8-12,14-16,23H2,1-2H3,(H,40,51)(H,42,44)(H,45,50);3*1H. The van der Waals surface area contributed by atoms with E-state index in [1.54, 1.807) is 12.4 Å². The molecule has 16 heteroatoms. The summed E-state index contributed by atoms with van der Waals surface area (Å²) >= 11 is 0. The number of hydrogen-bond donors (Lipinski definition) is 4. The summed E-state index contributed by atoms with van der Waals surface area (Å²) in [6.45, 7) is 6.03. The summed E-state index contributed by atoms with van der Waals surface area (Å²) in [5.74, 6) is -0.877. The van der Waals surface area contributed by atoms with Crippen molar-refractivity contribution in [1.29, 1.82) is 0 Å². The lowest BCUT2D eigenvalue weighted by atomic mass is 9.94. The maximum atomic E-state index is 13.2. The Bertz CT molecular complexity index is 2310. The van der Waals surface area contributed by atoms with Gasteiger partial charge in [0.05, 0.1) is 47.0 Å². The van der Waals surface area contributed by atoms with Crippen LogP contribution in [-0.2, 0) is 9.59 Å². The number of aryl methyl sites for hydroxylation is 1. The number of aliphatic hydroxyl groups is 1. The van der Waals surface area contributed by atoms with Crippen molar-refractivity contribution >= 4 is 40.8 Å². The number of piperidine rings is 2. The number of fused-ring (bicyclic) bond motifs is 2. The highest BCUT2D eigenvalue weighted by molar-refractivity contribution is 6.22. The summed E-state index contributed by atoms with van der Waals surface area (Å²) in [5.41, 5.74) is 3.33. The summed E-state index contributed by atoms with van der Waals surface area (Å²) in [4.78, 5) is 63.3. The zero-order valence-corrected chi connectivity index (χ0v) is 30.6. The Hall–Kier alpha value is -6.13. The summed E-state index contributed by atoms with van der Waals surface area (Å²) < 4.78 is 9.70. The predicted molar refractivity (Wildman–Crippen MR) is 207 cm³/mol. The number of amides is 4. The molecule has 0 saturated carbocycles. The first kappa shape index (κ1) is 35.9. The second-order valence-electron chi connectivity index (χ2n) is 14.5. The molecule has 0 radical (unpaired) electrons. The van der Waals surface area contributed by atoms with Crippen LogP contribution in [0.5, 0.6) is 5.75 Å². The SMILES string of the molecule is Cc1cccc(-c2cnc(Nc3cnn(C4CCN(CCNC(=O)COc5ccc6c(c5)C(=O)N(C5CCC(=O)NC5(C)O)C6=O)CC4)c3)c3nccn23)c1.[HH].[HH].[HH]. The number of ether oxygens (including phenoxy) is 1. The molecule has 0 bridgehead atoms. The maximum Gasteiger partial charge on any atom is 0.262 e. The lowest BCUT2D eigenvalue weighted by Gasteiger charge is -2.41. The molecule has 2 saturated heterocycles. The number of anilines is 2. The van der Waals surface area contributed by atoms with Gasteiger partial charge in [0, 0.05) is 61.0 Å². The molecule has 16 nitrogen and oxygen atoms in total. The van der Waals surface area contributed by atoms with E-state index in [4.69, 9.17) is 9.72 Å². The van der Waals surface area contributed by atoms with Gasteiger partial charge in [0.2, 0.25) is 5.91 Å². The smallest absolute Gasteiger partial charge is 0.262 e. The van der Waals surface area contributed by atoms with E-state index in [0.717, 1.165) is 53.4 Å². The summed E-state index contributed by atoms with van der Waals surface area (Å²) in [5, 5.41) is 24.1. The molecular weight excluding hydrogens is 704 g/mol. The summed E-state index contributed by atoms with van der Waals surface area (Å²) in [6, 6.07) is 12.1. The van der Waals surface area contributed by atoms with Crippen LogP contribution < -0.4 is 20.7 Å². The van der Waals surface area contributed by atoms with E-state index in [1.165, 1.54) is 30.7 Å². The number of imidazole rings is 1. The van der Waals surface area contributed by atoms with E-state index in [1.807, 2.05) is 33.7 Å². The van der Waals surface area contributed by atoms with Crippen molar-refractivity contribution in [2.45, 2.75) is 57.3 Å². The molecule has 3 aromatic heterocycles. The third-order valence-electron chi connectivity index (χ3n) is 10.5. The number of likely N-dealkylation sites (tertiary alicyclic amines) is 1. The van der Waals surface area contributed by atoms with Crippen molar-refractivity contribution in [2.75, 3.05) is 38.1 Å². The fourth-order valence-corrected chi connectivity index (χ4v) is 7.69. The van der Waals surface area contributed by atoms with Crippen LogP contribution in [0, 0.1) is 6.92 Å². The van der Waals surface area contributed by atoms with Gasteiger partial charge in [-0.1, -0.05) is 23.8 Å². The average Bonchev–Trinajstić information content (AvgIpc) is 3.90. The van der Waals surface area contributed by atoms with Crippen molar-refractivity contribution < 1.29 is 33.3 Å². The zero-order chi connectivity index (χ0) is 38.3. The van der Waals surface area contributed by atoms with Crippen LogP contribution in [0.2, 0.25) is 0 Å². The van der Waals surface area contributed by atoms with E-state index in [2.05, 4.69) is 56.1 Å². The maximum absolute atomic E-state index is 13.2. The molecule has 55 heavy (non-hydrogen) atoms. The number of rotatable bonds is 11. The van der Waals surface area contributed by atoms with Crippen LogP contribution in [0.3, 0.4) is 0 Å². The Labute approximate surface area is 320 Å². The Kier molecular flexibility index (Phi) is 9.52. The topological polar surface area (TPSA) is 188 Å². The van der Waals surface area contributed by atoms with Crippen molar-refractivity contribution in [3.63, 3.8) is 0 Å². The average molecular weight is 753 g/mol. The van der Waals surface area contributed by atoms with Gasteiger partial charge in [0.15, 0.2) is 23.8 Å². The molecule has 3 aliphatic heterocycles. The highest BCUT2D eigenvalue weighted by atomic mass is 16.5. The summed E-state index contributed by atoms with van der Waals surface area (Å²) in [7, 11) is 0. The van der Waals surface area contributed by atoms with E-state index in [-0.39, 0.29) is 58.5 Å². The summed E-state index contributed by atoms with van der Waals surface area (Å²) in [6.07, 6.45) is 11.4. The largest absolute Gasteiger partial charge is 0.484 e. The van der Waals surface area contributed by atoms with Gasteiger partial charge >= 0.3 is 0 Å². The molecular formula is C39H48N10O6. The van der Waals surface area contributed by atoms with Crippen LogP contribution in [0.25, 0.3) is 16.9 Å². The van der Waals surface area contributed by atoms with Crippen molar-refractivity contribution in [3.8, 4) is 17.0 Å². The lowest BCUT2D eigenvalue weighted by Crippen LogP contribution is -2.64. The number of benzene rings is 2. The van der Waals surface area contributed by atoms with Gasteiger partial charge in [0.1, 0.15) is 5.75 Å². The number of nitrogens with zero attached hydrogens (tertiary/aromatic N) is 7. The van der Waals surface area contributed by atoms with Crippen LogP contribution >= 0.6 is 0 Å². The first-order chi connectivity index (χ1) is 26.5. The Morgan fingerprint density at radius 2 is 1.87 bits per heavy atom. The van der Waals surface area contributed by atoms with E-state index in [9.17, 15) is 24.3 Å². The van der Waals surface area contributed by atoms with Crippen molar-refractivity contribution in [1.82, 2.24) is 44.6 Å². The zero-order valence-electron chi connectivity index (χ0n) is 30.6. The number of imide groups is 1. The molecule has 6 heterocycles. The van der Waals surface area contributed by atoms with Gasteiger partial charge in [-0.15, -0.1) is 0 Å². The Morgan fingerprint density at radius 1 is 1.05 bits per heavy atom. The first-order valence-corrected chi connectivity index (χ1v) is 18.4. The molecule has 2 aromatic carbocycles. The molecule has 4 N–H and O–H groups in total. The minimum atomic E-state index is -1.75. The third-order valence-corrected chi connectivity index (χ3v) is 10.5. The molecule has 2 atom stereocenters.